The van der Waals surface area contributed by atoms with Gasteiger partial charge >= 0.3 is 0 Å². The molecule has 2 aliphatic carbocycles. The van der Waals surface area contributed by atoms with Gasteiger partial charge in [0.2, 0.25) is 5.91 Å². The number of carbonyl (C=O) groups is 1. The van der Waals surface area contributed by atoms with Crippen LogP contribution in [0.5, 0.6) is 0 Å². The molecule has 0 spiro atoms. The molecule has 0 aliphatic heterocycles. The zero-order valence-electron chi connectivity index (χ0n) is 12.7. The third kappa shape index (κ3) is 2.50. The first-order chi connectivity index (χ1) is 10.8. The summed E-state index contributed by atoms with van der Waals surface area (Å²) in [5, 5.41) is 5.71. The van der Waals surface area contributed by atoms with Gasteiger partial charge in [-0.15, -0.1) is 0 Å². The highest BCUT2D eigenvalue weighted by Gasteiger charge is 2.45. The molecule has 3 atom stereocenters. The standard InChI is InChI=1S/C19H22N2O/c20-11-18(13-8-9-13)21-19(22)17-10-16(17)15-7-3-5-12-4-1-2-6-14(12)15/h1-7,13,16-18H,8-11,20H2,(H,21,22). The van der Waals surface area contributed by atoms with E-state index in [1.54, 1.807) is 0 Å². The number of hydrogen-bond donors (Lipinski definition) is 2. The number of nitrogens with two attached hydrogens (primary N) is 1. The smallest absolute Gasteiger partial charge is 0.224 e. The zero-order chi connectivity index (χ0) is 15.1. The van der Waals surface area contributed by atoms with Crippen molar-refractivity contribution in [3.8, 4) is 0 Å². The van der Waals surface area contributed by atoms with E-state index in [2.05, 4.69) is 47.8 Å². The van der Waals surface area contributed by atoms with Crippen LogP contribution < -0.4 is 11.1 Å². The molecule has 2 saturated carbocycles. The fourth-order valence-corrected chi connectivity index (χ4v) is 3.56. The van der Waals surface area contributed by atoms with Crippen molar-refractivity contribution >= 4 is 16.7 Å². The van der Waals surface area contributed by atoms with Crippen LogP contribution in [0.4, 0.5) is 0 Å². The number of benzene rings is 2. The molecule has 0 aromatic heterocycles. The third-order valence-corrected chi connectivity index (χ3v) is 5.12. The second-order valence-corrected chi connectivity index (χ2v) is 6.71. The molecule has 2 aromatic rings. The van der Waals surface area contributed by atoms with Crippen molar-refractivity contribution in [2.24, 2.45) is 17.6 Å². The molecule has 3 N–H and O–H groups in total. The Kier molecular flexibility index (Phi) is 3.38. The Morgan fingerprint density at radius 3 is 2.73 bits per heavy atom. The molecule has 2 aromatic carbocycles. The zero-order valence-corrected chi connectivity index (χ0v) is 12.7. The predicted molar refractivity (Wildman–Crippen MR) is 88.5 cm³/mol. The molecule has 2 aliphatic rings. The van der Waals surface area contributed by atoms with E-state index in [9.17, 15) is 4.79 Å². The Morgan fingerprint density at radius 1 is 1.18 bits per heavy atom. The van der Waals surface area contributed by atoms with Crippen LogP contribution in [0.25, 0.3) is 10.8 Å². The molecule has 4 rings (SSSR count). The van der Waals surface area contributed by atoms with Gasteiger partial charge in [0.1, 0.15) is 0 Å². The molecular formula is C19H22N2O. The van der Waals surface area contributed by atoms with Crippen LogP contribution in [-0.2, 0) is 4.79 Å². The van der Waals surface area contributed by atoms with Crippen molar-refractivity contribution < 1.29 is 4.79 Å². The Hall–Kier alpha value is -1.87. The van der Waals surface area contributed by atoms with Crippen LogP contribution in [0.2, 0.25) is 0 Å². The van der Waals surface area contributed by atoms with E-state index >= 15 is 0 Å². The summed E-state index contributed by atoms with van der Waals surface area (Å²) in [6.45, 7) is 0.558. The summed E-state index contributed by atoms with van der Waals surface area (Å²) in [7, 11) is 0. The van der Waals surface area contributed by atoms with Crippen LogP contribution in [0.15, 0.2) is 42.5 Å². The Balaban J connectivity index is 1.50. The number of amides is 1. The van der Waals surface area contributed by atoms with Gasteiger partial charge in [-0.2, -0.15) is 0 Å². The van der Waals surface area contributed by atoms with E-state index < -0.39 is 0 Å². The molecule has 0 bridgehead atoms. The van der Waals surface area contributed by atoms with Gasteiger partial charge in [-0.1, -0.05) is 42.5 Å². The summed E-state index contributed by atoms with van der Waals surface area (Å²) in [6.07, 6.45) is 3.38. The number of hydrogen-bond acceptors (Lipinski definition) is 2. The quantitative estimate of drug-likeness (QED) is 0.891. The van der Waals surface area contributed by atoms with Gasteiger partial charge in [0.05, 0.1) is 0 Å². The van der Waals surface area contributed by atoms with Crippen molar-refractivity contribution in [2.75, 3.05) is 6.54 Å². The van der Waals surface area contributed by atoms with Crippen molar-refractivity contribution in [1.29, 1.82) is 0 Å². The molecule has 22 heavy (non-hydrogen) atoms. The van der Waals surface area contributed by atoms with E-state index in [0.29, 0.717) is 18.4 Å². The van der Waals surface area contributed by atoms with E-state index in [-0.39, 0.29) is 17.9 Å². The minimum absolute atomic E-state index is 0.124. The maximum atomic E-state index is 12.5. The van der Waals surface area contributed by atoms with Crippen molar-refractivity contribution in [3.05, 3.63) is 48.0 Å². The number of fused-ring (bicyclic) bond motifs is 1. The van der Waals surface area contributed by atoms with Gasteiger partial charge in [-0.25, -0.2) is 0 Å². The van der Waals surface area contributed by atoms with Crippen molar-refractivity contribution in [2.45, 2.75) is 31.2 Å². The fraction of sp³-hybridized carbons (Fsp3) is 0.421. The average Bonchev–Trinajstić information content (AvgIpc) is 3.45. The summed E-state index contributed by atoms with van der Waals surface area (Å²) >= 11 is 0. The topological polar surface area (TPSA) is 55.1 Å². The summed E-state index contributed by atoms with van der Waals surface area (Å²) in [4.78, 5) is 12.5. The fourth-order valence-electron chi connectivity index (χ4n) is 3.56. The van der Waals surface area contributed by atoms with Crippen LogP contribution >= 0.6 is 0 Å². The van der Waals surface area contributed by atoms with E-state index in [4.69, 9.17) is 5.73 Å². The van der Waals surface area contributed by atoms with Crippen LogP contribution in [-0.4, -0.2) is 18.5 Å². The second-order valence-electron chi connectivity index (χ2n) is 6.71. The minimum Gasteiger partial charge on any atom is -0.352 e. The van der Waals surface area contributed by atoms with E-state index in [0.717, 1.165) is 6.42 Å². The van der Waals surface area contributed by atoms with Gasteiger partial charge in [0, 0.05) is 18.5 Å². The van der Waals surface area contributed by atoms with Crippen LogP contribution in [0.1, 0.15) is 30.7 Å². The van der Waals surface area contributed by atoms with Crippen LogP contribution in [0, 0.1) is 11.8 Å². The Labute approximate surface area is 130 Å². The van der Waals surface area contributed by atoms with Gasteiger partial charge < -0.3 is 11.1 Å². The molecule has 3 nitrogen and oxygen atoms in total. The average molecular weight is 294 g/mol. The number of nitrogens with one attached hydrogen (secondary N) is 1. The minimum atomic E-state index is 0.124. The normalized spacial score (nSPS) is 25.0. The van der Waals surface area contributed by atoms with Gasteiger partial charge in [0.25, 0.3) is 0 Å². The Morgan fingerprint density at radius 2 is 1.95 bits per heavy atom. The van der Waals surface area contributed by atoms with Crippen molar-refractivity contribution in [1.82, 2.24) is 5.32 Å². The molecule has 0 heterocycles. The maximum absolute atomic E-state index is 12.5. The predicted octanol–water partition coefficient (Wildman–Crippen LogP) is 2.80. The highest BCUT2D eigenvalue weighted by molar-refractivity contribution is 5.89. The third-order valence-electron chi connectivity index (χ3n) is 5.12. The second kappa shape index (κ2) is 5.40. The highest BCUT2D eigenvalue weighted by Crippen LogP contribution is 2.49. The molecule has 2 fully saturated rings. The van der Waals surface area contributed by atoms with Crippen LogP contribution in [0.3, 0.4) is 0 Å². The molecule has 0 radical (unpaired) electrons. The largest absolute Gasteiger partial charge is 0.352 e. The van der Waals surface area contributed by atoms with Gasteiger partial charge in [0.15, 0.2) is 0 Å². The van der Waals surface area contributed by atoms with Gasteiger partial charge in [-0.3, -0.25) is 4.79 Å². The lowest BCUT2D eigenvalue weighted by atomic mass is 10.00. The molecular weight excluding hydrogens is 272 g/mol. The molecule has 0 saturated heterocycles. The SMILES string of the molecule is NCC(NC(=O)C1CC1c1cccc2ccccc12)C1CC1. The maximum Gasteiger partial charge on any atom is 0.224 e. The monoisotopic (exact) mass is 294 g/mol. The molecule has 114 valence electrons. The van der Waals surface area contributed by atoms with E-state index in [1.807, 2.05) is 0 Å². The molecule has 3 unspecified atom stereocenters. The van der Waals surface area contributed by atoms with Gasteiger partial charge in [-0.05, 0) is 47.4 Å². The lowest BCUT2D eigenvalue weighted by Crippen LogP contribution is -2.42. The Bertz CT molecular complexity index is 702. The van der Waals surface area contributed by atoms with E-state index in [1.165, 1.54) is 29.2 Å². The lowest BCUT2D eigenvalue weighted by molar-refractivity contribution is -0.123. The summed E-state index contributed by atoms with van der Waals surface area (Å²) in [5.41, 5.74) is 7.10. The van der Waals surface area contributed by atoms with Crippen molar-refractivity contribution in [3.63, 3.8) is 0 Å². The highest BCUT2D eigenvalue weighted by atomic mass is 16.2. The summed E-state index contributed by atoms with van der Waals surface area (Å²) in [5.74, 6) is 1.30. The first-order valence-electron chi connectivity index (χ1n) is 8.26. The summed E-state index contributed by atoms with van der Waals surface area (Å²) in [6, 6.07) is 15.0. The molecule has 1 amide bonds. The first-order valence-corrected chi connectivity index (χ1v) is 8.26. The number of carbonyl (C=O) groups excluding carboxylic acids is 1. The summed E-state index contributed by atoms with van der Waals surface area (Å²) < 4.78 is 0. The lowest BCUT2D eigenvalue weighted by Gasteiger charge is -2.16. The molecule has 3 heteroatoms. The first kappa shape index (κ1) is 13.8. The number of rotatable bonds is 5.